The van der Waals surface area contributed by atoms with E-state index in [1.165, 1.54) is 16.8 Å². The topological polar surface area (TPSA) is 128 Å². The number of carbonyl (C=O) groups is 1. The molecule has 204 valence electrons. The lowest BCUT2D eigenvalue weighted by atomic mass is 10.0. The molecule has 41 heavy (non-hydrogen) atoms. The fraction of sp³-hybridized carbons (Fsp3) is 0.172. The zero-order chi connectivity index (χ0) is 27.9. The number of aromatic nitrogens is 6. The van der Waals surface area contributed by atoms with E-state index in [0.29, 0.717) is 35.0 Å². The first-order chi connectivity index (χ1) is 20.1. The van der Waals surface area contributed by atoms with Crippen LogP contribution in [0.4, 0.5) is 16.0 Å². The van der Waals surface area contributed by atoms with Gasteiger partial charge < -0.3 is 11.1 Å². The maximum absolute atomic E-state index is 15.7. The monoisotopic (exact) mass is 565 g/mol. The van der Waals surface area contributed by atoms with Gasteiger partial charge in [0.2, 0.25) is 0 Å². The molecular weight excluding hydrogens is 541 g/mol. The van der Waals surface area contributed by atoms with Crippen LogP contribution in [0.15, 0.2) is 73.2 Å². The van der Waals surface area contributed by atoms with Gasteiger partial charge in [0, 0.05) is 46.2 Å². The highest BCUT2D eigenvalue weighted by Crippen LogP contribution is 2.39. The van der Waals surface area contributed by atoms with Gasteiger partial charge in [0.1, 0.15) is 23.0 Å². The molecule has 1 aliphatic heterocycles. The summed E-state index contributed by atoms with van der Waals surface area (Å²) in [6, 6.07) is 15.4. The molecule has 1 atom stereocenters. The molecule has 0 bridgehead atoms. The van der Waals surface area contributed by atoms with E-state index in [1.807, 2.05) is 24.3 Å². The molecule has 3 N–H and O–H groups in total. The molecule has 6 aromatic rings. The summed E-state index contributed by atoms with van der Waals surface area (Å²) in [5.74, 6) is -0.186. The van der Waals surface area contributed by atoms with Crippen LogP contribution in [0.3, 0.4) is 0 Å². The lowest BCUT2D eigenvalue weighted by molar-refractivity contribution is 0.0968. The number of nitrogens with one attached hydrogen (secondary N) is 1. The summed E-state index contributed by atoms with van der Waals surface area (Å²) >= 11 is 1.58. The van der Waals surface area contributed by atoms with Gasteiger partial charge in [-0.15, -0.1) is 16.4 Å². The number of hydrogen-bond acceptors (Lipinski definition) is 9. The third kappa shape index (κ3) is 4.56. The highest BCUT2D eigenvalue weighted by atomic mass is 32.1. The minimum absolute atomic E-state index is 0.0483. The number of amides is 1. The normalized spacial score (nSPS) is 15.4. The van der Waals surface area contributed by atoms with Crippen LogP contribution in [-0.4, -0.2) is 55.0 Å². The second-order valence-electron chi connectivity index (χ2n) is 9.81. The fourth-order valence-corrected chi connectivity index (χ4v) is 6.30. The van der Waals surface area contributed by atoms with Crippen molar-refractivity contribution in [3.63, 3.8) is 0 Å². The van der Waals surface area contributed by atoms with Crippen LogP contribution in [-0.2, 0) is 0 Å². The molecule has 0 spiro atoms. The van der Waals surface area contributed by atoms with Gasteiger partial charge in [-0.25, -0.2) is 19.3 Å². The molecule has 0 saturated carbocycles. The van der Waals surface area contributed by atoms with Gasteiger partial charge >= 0.3 is 0 Å². The number of nitrogen functional groups attached to an aromatic ring is 1. The second kappa shape index (κ2) is 10.3. The molecule has 0 unspecified atom stereocenters. The van der Waals surface area contributed by atoms with Crippen LogP contribution in [0.2, 0.25) is 0 Å². The lowest BCUT2D eigenvalue weighted by Gasteiger charge is -2.34. The van der Waals surface area contributed by atoms with Crippen LogP contribution in [0.5, 0.6) is 0 Å². The Hall–Kier alpha value is -4.81. The van der Waals surface area contributed by atoms with Gasteiger partial charge in [0.05, 0.1) is 17.3 Å². The molecule has 1 saturated heterocycles. The lowest BCUT2D eigenvalue weighted by Crippen LogP contribution is -2.49. The highest BCUT2D eigenvalue weighted by molar-refractivity contribution is 7.22. The Morgan fingerprint density at radius 2 is 1.98 bits per heavy atom. The average Bonchev–Trinajstić information content (AvgIpc) is 3.63. The number of piperidine rings is 1. The first-order valence-corrected chi connectivity index (χ1v) is 14.0. The number of thiophene rings is 1. The fourth-order valence-electron chi connectivity index (χ4n) is 5.25. The van der Waals surface area contributed by atoms with Crippen molar-refractivity contribution in [3.05, 3.63) is 84.6 Å². The summed E-state index contributed by atoms with van der Waals surface area (Å²) in [7, 11) is 0. The number of hydrogen-bond donors (Lipinski definition) is 2. The van der Waals surface area contributed by atoms with Crippen molar-refractivity contribution in [2.45, 2.75) is 18.9 Å². The largest absolute Gasteiger partial charge is 0.384 e. The Kier molecular flexibility index (Phi) is 6.33. The Morgan fingerprint density at radius 3 is 2.80 bits per heavy atom. The second-order valence-corrected chi connectivity index (χ2v) is 10.9. The zero-order valence-corrected chi connectivity index (χ0v) is 22.6. The SMILES string of the molecule is Nc1cc(-c2cc3c(N(C(=O)c4ccc(-n5nnc6cccnc65)cc4F)[C@@H]4CCCNC4)nccc3s2)ccn1. The van der Waals surface area contributed by atoms with Crippen molar-refractivity contribution in [3.8, 4) is 16.1 Å². The molecule has 1 aromatic carbocycles. The number of pyridine rings is 3. The molecule has 6 heterocycles. The Labute approximate surface area is 237 Å². The van der Waals surface area contributed by atoms with Crippen LogP contribution < -0.4 is 16.0 Å². The van der Waals surface area contributed by atoms with E-state index in [9.17, 15) is 4.79 Å². The third-order valence-electron chi connectivity index (χ3n) is 7.21. The Balaban J connectivity index is 1.31. The molecule has 7 rings (SSSR count). The maximum atomic E-state index is 15.7. The smallest absolute Gasteiger partial charge is 0.262 e. The minimum atomic E-state index is -0.661. The molecule has 0 radical (unpaired) electrons. The number of benzene rings is 1. The maximum Gasteiger partial charge on any atom is 0.262 e. The van der Waals surface area contributed by atoms with Crippen LogP contribution in [0, 0.1) is 5.82 Å². The molecule has 1 fully saturated rings. The van der Waals surface area contributed by atoms with Gasteiger partial charge in [-0.3, -0.25) is 9.69 Å². The first kappa shape index (κ1) is 25.2. The first-order valence-electron chi connectivity index (χ1n) is 13.2. The number of nitrogens with two attached hydrogens (primary N) is 1. The van der Waals surface area contributed by atoms with Crippen molar-refractivity contribution < 1.29 is 9.18 Å². The van der Waals surface area contributed by atoms with Crippen LogP contribution in [0.1, 0.15) is 23.2 Å². The summed E-state index contributed by atoms with van der Waals surface area (Å²) in [5, 5.41) is 12.4. The van der Waals surface area contributed by atoms with Crippen molar-refractivity contribution in [2.75, 3.05) is 23.7 Å². The van der Waals surface area contributed by atoms with E-state index in [2.05, 4.69) is 30.6 Å². The van der Waals surface area contributed by atoms with E-state index in [0.717, 1.165) is 39.9 Å². The molecule has 1 amide bonds. The summed E-state index contributed by atoms with van der Waals surface area (Å²) in [6.07, 6.45) is 6.65. The molecule has 1 aliphatic rings. The number of nitrogens with zero attached hydrogens (tertiary/aromatic N) is 7. The molecule has 12 heteroatoms. The van der Waals surface area contributed by atoms with Crippen LogP contribution in [0.25, 0.3) is 37.4 Å². The number of fused-ring (bicyclic) bond motifs is 2. The van der Waals surface area contributed by atoms with Crippen molar-refractivity contribution in [1.82, 2.24) is 35.3 Å². The third-order valence-corrected chi connectivity index (χ3v) is 8.36. The molecular formula is C29H24FN9OS. The average molecular weight is 566 g/mol. The zero-order valence-electron chi connectivity index (χ0n) is 21.7. The number of rotatable bonds is 5. The number of carbonyl (C=O) groups excluding carboxylic acids is 1. The summed E-state index contributed by atoms with van der Waals surface area (Å²) in [6.45, 7) is 1.45. The number of halogens is 1. The predicted molar refractivity (Wildman–Crippen MR) is 157 cm³/mol. The highest BCUT2D eigenvalue weighted by Gasteiger charge is 2.32. The van der Waals surface area contributed by atoms with Crippen molar-refractivity contribution in [2.24, 2.45) is 0 Å². The molecule has 10 nitrogen and oxygen atoms in total. The van der Waals surface area contributed by atoms with Gasteiger partial charge in [0.25, 0.3) is 5.91 Å². The molecule has 0 aliphatic carbocycles. The van der Waals surface area contributed by atoms with E-state index in [-0.39, 0.29) is 11.6 Å². The van der Waals surface area contributed by atoms with Gasteiger partial charge in [0.15, 0.2) is 5.65 Å². The Bertz CT molecular complexity index is 1910. The van der Waals surface area contributed by atoms with Gasteiger partial charge in [-0.2, -0.15) is 4.68 Å². The Morgan fingerprint density at radius 1 is 1.07 bits per heavy atom. The summed E-state index contributed by atoms with van der Waals surface area (Å²) < 4.78 is 18.1. The number of anilines is 2. The summed E-state index contributed by atoms with van der Waals surface area (Å²) in [4.78, 5) is 29.9. The van der Waals surface area contributed by atoms with Crippen LogP contribution >= 0.6 is 11.3 Å². The molecule has 5 aromatic heterocycles. The van der Waals surface area contributed by atoms with E-state index in [4.69, 9.17) is 5.73 Å². The van der Waals surface area contributed by atoms with E-state index >= 15 is 4.39 Å². The quantitative estimate of drug-likeness (QED) is 0.310. The standard InChI is InChI=1S/C29H24FN9OS/c30-22-14-18(39-28-23(36-37-39)4-2-10-34-28)5-6-20(22)29(40)38(19-3-1-9-32-16-19)27-21-15-25(41-24(21)8-12-35-27)17-7-11-33-26(31)13-17/h2,4-8,10-15,19,32H,1,3,9,16H2,(H2,31,33)/t19-/m1/s1. The minimum Gasteiger partial charge on any atom is -0.384 e. The van der Waals surface area contributed by atoms with Crippen molar-refractivity contribution in [1.29, 1.82) is 0 Å². The predicted octanol–water partition coefficient (Wildman–Crippen LogP) is 4.61. The van der Waals surface area contributed by atoms with Gasteiger partial charge in [-0.05, 0) is 73.5 Å². The van der Waals surface area contributed by atoms with E-state index < -0.39 is 11.7 Å². The van der Waals surface area contributed by atoms with E-state index in [1.54, 1.807) is 53.0 Å². The van der Waals surface area contributed by atoms with Crippen molar-refractivity contribution >= 4 is 50.1 Å². The van der Waals surface area contributed by atoms with Gasteiger partial charge in [-0.1, -0.05) is 5.21 Å². The summed E-state index contributed by atoms with van der Waals surface area (Å²) in [5.41, 5.74) is 8.32.